The predicted octanol–water partition coefficient (Wildman–Crippen LogP) is 2.22. The standard InChI is InChI=1S/C17H22FNO3/c1-2-22-15-11-14(20)17(15)7-9-19(10-8-17)16(21)12-3-5-13(18)6-4-12/h3-6,14-15,20H,2,7-11H2,1H3. The lowest BCUT2D eigenvalue weighted by Gasteiger charge is -2.56. The number of amides is 1. The summed E-state index contributed by atoms with van der Waals surface area (Å²) in [5.74, 6) is -0.414. The summed E-state index contributed by atoms with van der Waals surface area (Å²) in [7, 11) is 0. The molecule has 1 aliphatic heterocycles. The molecule has 1 spiro atoms. The van der Waals surface area contributed by atoms with E-state index in [-0.39, 0.29) is 29.3 Å². The third kappa shape index (κ3) is 2.52. The van der Waals surface area contributed by atoms with Gasteiger partial charge in [0.25, 0.3) is 5.91 Å². The molecule has 1 aliphatic carbocycles. The highest BCUT2D eigenvalue weighted by Gasteiger charge is 2.56. The van der Waals surface area contributed by atoms with Gasteiger partial charge in [-0.25, -0.2) is 4.39 Å². The second-order valence-electron chi connectivity index (χ2n) is 6.23. The smallest absolute Gasteiger partial charge is 0.253 e. The van der Waals surface area contributed by atoms with Crippen LogP contribution in [0.15, 0.2) is 24.3 Å². The Hall–Kier alpha value is -1.46. The topological polar surface area (TPSA) is 49.8 Å². The average molecular weight is 307 g/mol. The van der Waals surface area contributed by atoms with Crippen LogP contribution in [0.2, 0.25) is 0 Å². The minimum atomic E-state index is -0.341. The largest absolute Gasteiger partial charge is 0.392 e. The van der Waals surface area contributed by atoms with Crippen LogP contribution < -0.4 is 0 Å². The second kappa shape index (κ2) is 5.97. The molecule has 1 saturated heterocycles. The number of hydrogen-bond acceptors (Lipinski definition) is 3. The first-order chi connectivity index (χ1) is 10.6. The number of nitrogens with zero attached hydrogens (tertiary/aromatic N) is 1. The molecule has 0 aromatic heterocycles. The van der Waals surface area contributed by atoms with E-state index in [1.54, 1.807) is 4.90 Å². The summed E-state index contributed by atoms with van der Waals surface area (Å²) in [6.07, 6.45) is 1.99. The maximum absolute atomic E-state index is 12.9. The van der Waals surface area contributed by atoms with Gasteiger partial charge in [-0.05, 0) is 44.0 Å². The Morgan fingerprint density at radius 2 is 2.00 bits per heavy atom. The van der Waals surface area contributed by atoms with Gasteiger partial charge in [-0.2, -0.15) is 0 Å². The number of carbonyl (C=O) groups excluding carboxylic acids is 1. The molecule has 1 amide bonds. The summed E-state index contributed by atoms with van der Waals surface area (Å²) in [6.45, 7) is 3.83. The number of likely N-dealkylation sites (tertiary alicyclic amines) is 1. The number of benzene rings is 1. The van der Waals surface area contributed by atoms with Gasteiger partial charge < -0.3 is 14.7 Å². The van der Waals surface area contributed by atoms with Gasteiger partial charge in [-0.3, -0.25) is 4.79 Å². The zero-order valence-corrected chi connectivity index (χ0v) is 12.8. The second-order valence-corrected chi connectivity index (χ2v) is 6.23. The van der Waals surface area contributed by atoms with Gasteiger partial charge in [0.15, 0.2) is 0 Å². The van der Waals surface area contributed by atoms with Crippen molar-refractivity contribution in [2.75, 3.05) is 19.7 Å². The number of hydrogen-bond donors (Lipinski definition) is 1. The normalized spacial score (nSPS) is 26.8. The Labute approximate surface area is 129 Å². The van der Waals surface area contributed by atoms with Crippen molar-refractivity contribution >= 4 is 5.91 Å². The van der Waals surface area contributed by atoms with Crippen molar-refractivity contribution < 1.29 is 19.0 Å². The van der Waals surface area contributed by atoms with Crippen LogP contribution in [0.25, 0.3) is 0 Å². The lowest BCUT2D eigenvalue weighted by atomic mass is 9.58. The number of halogens is 1. The zero-order chi connectivity index (χ0) is 15.7. The number of aliphatic hydroxyl groups excluding tert-OH is 1. The molecule has 0 radical (unpaired) electrons. The van der Waals surface area contributed by atoms with Crippen molar-refractivity contribution in [1.82, 2.24) is 4.90 Å². The maximum atomic E-state index is 12.9. The van der Waals surface area contributed by atoms with E-state index >= 15 is 0 Å². The summed E-state index contributed by atoms with van der Waals surface area (Å²) < 4.78 is 18.7. The predicted molar refractivity (Wildman–Crippen MR) is 80.0 cm³/mol. The molecular formula is C17H22FNO3. The lowest BCUT2D eigenvalue weighted by molar-refractivity contribution is -0.207. The van der Waals surface area contributed by atoms with Crippen LogP contribution in [0, 0.1) is 11.2 Å². The van der Waals surface area contributed by atoms with Crippen LogP contribution >= 0.6 is 0 Å². The summed E-state index contributed by atoms with van der Waals surface area (Å²) in [5.41, 5.74) is 0.322. The quantitative estimate of drug-likeness (QED) is 0.931. The Morgan fingerprint density at radius 1 is 1.36 bits per heavy atom. The fourth-order valence-electron chi connectivity index (χ4n) is 3.72. The van der Waals surface area contributed by atoms with E-state index in [0.717, 1.165) is 12.8 Å². The number of carbonyl (C=O) groups is 1. The van der Waals surface area contributed by atoms with Crippen molar-refractivity contribution in [3.63, 3.8) is 0 Å². The molecule has 1 heterocycles. The van der Waals surface area contributed by atoms with Crippen molar-refractivity contribution in [3.8, 4) is 0 Å². The van der Waals surface area contributed by atoms with Crippen molar-refractivity contribution in [3.05, 3.63) is 35.6 Å². The Bertz CT molecular complexity index is 535. The number of rotatable bonds is 3. The third-order valence-corrected chi connectivity index (χ3v) is 5.18. The molecule has 2 aliphatic rings. The Kier molecular flexibility index (Phi) is 4.19. The van der Waals surface area contributed by atoms with E-state index in [9.17, 15) is 14.3 Å². The minimum absolute atomic E-state index is 0.0726. The monoisotopic (exact) mass is 307 g/mol. The van der Waals surface area contributed by atoms with Gasteiger partial charge in [-0.1, -0.05) is 0 Å². The van der Waals surface area contributed by atoms with Gasteiger partial charge in [-0.15, -0.1) is 0 Å². The summed E-state index contributed by atoms with van der Waals surface area (Å²) in [4.78, 5) is 14.2. The van der Waals surface area contributed by atoms with Gasteiger partial charge in [0, 0.05) is 37.1 Å². The highest BCUT2D eigenvalue weighted by atomic mass is 19.1. The molecule has 22 heavy (non-hydrogen) atoms. The fraction of sp³-hybridized carbons (Fsp3) is 0.588. The molecule has 2 atom stereocenters. The Balaban J connectivity index is 1.64. The molecule has 0 bridgehead atoms. The average Bonchev–Trinajstić information content (AvgIpc) is 2.55. The number of piperidine rings is 1. The molecular weight excluding hydrogens is 285 g/mol. The molecule has 1 aromatic carbocycles. The molecule has 120 valence electrons. The zero-order valence-electron chi connectivity index (χ0n) is 12.8. The highest BCUT2D eigenvalue weighted by Crippen LogP contribution is 2.51. The van der Waals surface area contributed by atoms with Crippen LogP contribution in [-0.4, -0.2) is 47.8 Å². The molecule has 5 heteroatoms. The first-order valence-corrected chi connectivity index (χ1v) is 7.91. The van der Waals surface area contributed by atoms with Crippen molar-refractivity contribution in [2.24, 2.45) is 5.41 Å². The maximum Gasteiger partial charge on any atom is 0.253 e. The molecule has 1 N–H and O–H groups in total. The van der Waals surface area contributed by atoms with E-state index in [0.29, 0.717) is 31.7 Å². The minimum Gasteiger partial charge on any atom is -0.392 e. The van der Waals surface area contributed by atoms with Crippen LogP contribution in [0.1, 0.15) is 36.5 Å². The van der Waals surface area contributed by atoms with Gasteiger partial charge in [0.1, 0.15) is 5.82 Å². The molecule has 1 saturated carbocycles. The SMILES string of the molecule is CCOC1CC(O)C12CCN(C(=O)c1ccc(F)cc1)CC2. The van der Waals surface area contributed by atoms with Crippen molar-refractivity contribution in [2.45, 2.75) is 38.4 Å². The lowest BCUT2D eigenvalue weighted by Crippen LogP contribution is -2.62. The third-order valence-electron chi connectivity index (χ3n) is 5.18. The van der Waals surface area contributed by atoms with E-state index in [1.165, 1.54) is 24.3 Å². The molecule has 4 nitrogen and oxygen atoms in total. The van der Waals surface area contributed by atoms with Crippen LogP contribution in [-0.2, 0) is 4.74 Å². The summed E-state index contributed by atoms with van der Waals surface area (Å²) in [5, 5.41) is 10.2. The Morgan fingerprint density at radius 3 is 2.55 bits per heavy atom. The van der Waals surface area contributed by atoms with Crippen molar-refractivity contribution in [1.29, 1.82) is 0 Å². The van der Waals surface area contributed by atoms with E-state index < -0.39 is 0 Å². The highest BCUT2D eigenvalue weighted by molar-refractivity contribution is 5.94. The van der Waals surface area contributed by atoms with Crippen LogP contribution in [0.5, 0.6) is 0 Å². The molecule has 2 unspecified atom stereocenters. The first kappa shape index (κ1) is 15.4. The van der Waals surface area contributed by atoms with Crippen LogP contribution in [0.3, 0.4) is 0 Å². The van der Waals surface area contributed by atoms with Gasteiger partial charge in [0.05, 0.1) is 12.2 Å². The summed E-state index contributed by atoms with van der Waals surface area (Å²) in [6, 6.07) is 5.64. The van der Waals surface area contributed by atoms with Gasteiger partial charge in [0.2, 0.25) is 0 Å². The van der Waals surface area contributed by atoms with Crippen LogP contribution in [0.4, 0.5) is 4.39 Å². The molecule has 3 rings (SSSR count). The fourth-order valence-corrected chi connectivity index (χ4v) is 3.72. The van der Waals surface area contributed by atoms with Gasteiger partial charge >= 0.3 is 0 Å². The summed E-state index contributed by atoms with van der Waals surface area (Å²) >= 11 is 0. The van der Waals surface area contributed by atoms with E-state index in [4.69, 9.17) is 4.74 Å². The molecule has 2 fully saturated rings. The first-order valence-electron chi connectivity index (χ1n) is 7.91. The number of ether oxygens (including phenoxy) is 1. The van der Waals surface area contributed by atoms with E-state index in [1.807, 2.05) is 6.92 Å². The molecule has 1 aromatic rings. The number of aliphatic hydroxyl groups is 1. The van der Waals surface area contributed by atoms with E-state index in [2.05, 4.69) is 0 Å².